The van der Waals surface area contributed by atoms with Crippen molar-refractivity contribution in [2.24, 2.45) is 5.92 Å². The molecule has 2 nitrogen and oxygen atoms in total. The SMILES string of the molecule is CNC(CC1CCCNC1)c1ccc(Cl)s1. The molecule has 2 rings (SSSR count). The van der Waals surface area contributed by atoms with Gasteiger partial charge in [0, 0.05) is 10.9 Å². The first-order valence-electron chi connectivity index (χ1n) is 5.93. The van der Waals surface area contributed by atoms with Crippen LogP contribution in [0.5, 0.6) is 0 Å². The summed E-state index contributed by atoms with van der Waals surface area (Å²) in [4.78, 5) is 1.36. The van der Waals surface area contributed by atoms with E-state index in [1.165, 1.54) is 30.7 Å². The van der Waals surface area contributed by atoms with E-state index in [1.54, 1.807) is 11.3 Å². The third-order valence-corrected chi connectivity index (χ3v) is 4.60. The molecule has 0 spiro atoms. The van der Waals surface area contributed by atoms with E-state index >= 15 is 0 Å². The van der Waals surface area contributed by atoms with Gasteiger partial charge in [0.15, 0.2) is 0 Å². The summed E-state index contributed by atoms with van der Waals surface area (Å²) >= 11 is 7.67. The Bertz CT molecular complexity index is 321. The predicted molar refractivity (Wildman–Crippen MR) is 71.3 cm³/mol. The molecule has 1 aliphatic heterocycles. The van der Waals surface area contributed by atoms with E-state index in [-0.39, 0.29) is 0 Å². The van der Waals surface area contributed by atoms with Gasteiger partial charge in [0.05, 0.1) is 4.34 Å². The molecule has 0 bridgehead atoms. The summed E-state index contributed by atoms with van der Waals surface area (Å²) < 4.78 is 0.886. The summed E-state index contributed by atoms with van der Waals surface area (Å²) in [7, 11) is 2.04. The van der Waals surface area contributed by atoms with Crippen molar-refractivity contribution in [3.63, 3.8) is 0 Å². The van der Waals surface area contributed by atoms with E-state index < -0.39 is 0 Å². The van der Waals surface area contributed by atoms with Crippen LogP contribution in [-0.2, 0) is 0 Å². The molecule has 0 aromatic carbocycles. The van der Waals surface area contributed by atoms with Crippen LogP contribution in [0.3, 0.4) is 0 Å². The number of thiophene rings is 1. The lowest BCUT2D eigenvalue weighted by Crippen LogP contribution is -2.32. The summed E-state index contributed by atoms with van der Waals surface area (Å²) in [6.45, 7) is 2.35. The van der Waals surface area contributed by atoms with Crippen molar-refractivity contribution in [2.75, 3.05) is 20.1 Å². The molecule has 16 heavy (non-hydrogen) atoms. The maximum absolute atomic E-state index is 5.98. The van der Waals surface area contributed by atoms with Crippen LogP contribution in [0.4, 0.5) is 0 Å². The lowest BCUT2D eigenvalue weighted by Gasteiger charge is -2.26. The van der Waals surface area contributed by atoms with Gasteiger partial charge in [-0.05, 0) is 57.5 Å². The largest absolute Gasteiger partial charge is 0.316 e. The molecule has 1 aromatic rings. The second-order valence-electron chi connectivity index (χ2n) is 4.43. The van der Waals surface area contributed by atoms with E-state index in [9.17, 15) is 0 Å². The number of nitrogens with one attached hydrogen (secondary N) is 2. The molecule has 1 saturated heterocycles. The lowest BCUT2D eigenvalue weighted by atomic mass is 9.92. The number of piperidine rings is 1. The minimum atomic E-state index is 0.461. The zero-order chi connectivity index (χ0) is 11.4. The van der Waals surface area contributed by atoms with Gasteiger partial charge >= 0.3 is 0 Å². The average Bonchev–Trinajstić information content (AvgIpc) is 2.74. The number of hydrogen-bond acceptors (Lipinski definition) is 3. The Morgan fingerprint density at radius 2 is 2.50 bits per heavy atom. The van der Waals surface area contributed by atoms with Gasteiger partial charge in [-0.2, -0.15) is 0 Å². The Morgan fingerprint density at radius 3 is 3.06 bits per heavy atom. The summed E-state index contributed by atoms with van der Waals surface area (Å²) in [6.07, 6.45) is 3.87. The summed E-state index contributed by atoms with van der Waals surface area (Å²) in [5.74, 6) is 0.798. The number of rotatable bonds is 4. The highest BCUT2D eigenvalue weighted by atomic mass is 35.5. The fourth-order valence-electron chi connectivity index (χ4n) is 2.35. The molecule has 0 radical (unpaired) electrons. The van der Waals surface area contributed by atoms with Crippen LogP contribution in [0.2, 0.25) is 4.34 Å². The van der Waals surface area contributed by atoms with Crippen LogP contribution in [0.15, 0.2) is 12.1 Å². The van der Waals surface area contributed by atoms with Gasteiger partial charge in [-0.1, -0.05) is 11.6 Å². The molecule has 2 atom stereocenters. The molecule has 2 unspecified atom stereocenters. The highest BCUT2D eigenvalue weighted by Crippen LogP contribution is 2.31. The molecule has 0 aliphatic carbocycles. The van der Waals surface area contributed by atoms with Crippen LogP contribution >= 0.6 is 22.9 Å². The highest BCUT2D eigenvalue weighted by Gasteiger charge is 2.19. The summed E-state index contributed by atoms with van der Waals surface area (Å²) in [5.41, 5.74) is 0. The predicted octanol–water partition coefficient (Wildman–Crippen LogP) is 3.05. The second-order valence-corrected chi connectivity index (χ2v) is 6.18. The van der Waals surface area contributed by atoms with Crippen LogP contribution in [0, 0.1) is 5.92 Å². The lowest BCUT2D eigenvalue weighted by molar-refractivity contribution is 0.323. The first-order chi connectivity index (χ1) is 7.79. The Balaban J connectivity index is 1.94. The van der Waals surface area contributed by atoms with Crippen LogP contribution in [0.25, 0.3) is 0 Å². The molecule has 2 heterocycles. The van der Waals surface area contributed by atoms with Crippen LogP contribution < -0.4 is 10.6 Å². The first kappa shape index (κ1) is 12.4. The summed E-state index contributed by atoms with van der Waals surface area (Å²) in [6, 6.07) is 4.59. The third-order valence-electron chi connectivity index (χ3n) is 3.25. The third kappa shape index (κ3) is 3.20. The molecule has 4 heteroatoms. The normalized spacial score (nSPS) is 23.2. The number of hydrogen-bond donors (Lipinski definition) is 2. The van der Waals surface area contributed by atoms with E-state index in [1.807, 2.05) is 13.1 Å². The molecule has 1 aliphatic rings. The molecule has 1 fully saturated rings. The van der Waals surface area contributed by atoms with Crippen LogP contribution in [-0.4, -0.2) is 20.1 Å². The van der Waals surface area contributed by atoms with Crippen molar-refractivity contribution in [3.8, 4) is 0 Å². The van der Waals surface area contributed by atoms with Crippen molar-refractivity contribution in [1.82, 2.24) is 10.6 Å². The van der Waals surface area contributed by atoms with Crippen molar-refractivity contribution in [3.05, 3.63) is 21.3 Å². The molecule has 1 aromatic heterocycles. The molecular weight excluding hydrogens is 240 g/mol. The van der Waals surface area contributed by atoms with Crippen molar-refractivity contribution >= 4 is 22.9 Å². The zero-order valence-corrected chi connectivity index (χ0v) is 11.2. The van der Waals surface area contributed by atoms with E-state index in [4.69, 9.17) is 11.6 Å². The topological polar surface area (TPSA) is 24.1 Å². The standard InChI is InChI=1S/C12H19ClN2S/c1-14-10(11-4-5-12(13)16-11)7-9-3-2-6-15-8-9/h4-5,9-10,14-15H,2-3,6-8H2,1H3. The second kappa shape index (κ2) is 6.01. The van der Waals surface area contributed by atoms with Gasteiger partial charge < -0.3 is 10.6 Å². The Hall–Kier alpha value is -0.0900. The molecule has 2 N–H and O–H groups in total. The van der Waals surface area contributed by atoms with Gasteiger partial charge in [0.25, 0.3) is 0 Å². The fraction of sp³-hybridized carbons (Fsp3) is 0.667. The van der Waals surface area contributed by atoms with E-state index in [0.29, 0.717) is 6.04 Å². The molecular formula is C12H19ClN2S. The minimum absolute atomic E-state index is 0.461. The molecule has 90 valence electrons. The van der Waals surface area contributed by atoms with E-state index in [0.717, 1.165) is 16.8 Å². The maximum Gasteiger partial charge on any atom is 0.0931 e. The summed E-state index contributed by atoms with van der Waals surface area (Å²) in [5, 5.41) is 6.87. The van der Waals surface area contributed by atoms with Crippen molar-refractivity contribution in [1.29, 1.82) is 0 Å². The zero-order valence-electron chi connectivity index (χ0n) is 9.63. The van der Waals surface area contributed by atoms with E-state index in [2.05, 4.69) is 16.7 Å². The first-order valence-corrected chi connectivity index (χ1v) is 7.12. The molecule has 0 saturated carbocycles. The maximum atomic E-state index is 5.98. The Kier molecular flexibility index (Phi) is 4.65. The molecule has 0 amide bonds. The van der Waals surface area contributed by atoms with Gasteiger partial charge in [0.1, 0.15) is 0 Å². The highest BCUT2D eigenvalue weighted by molar-refractivity contribution is 7.16. The fourth-order valence-corrected chi connectivity index (χ4v) is 3.53. The van der Waals surface area contributed by atoms with Crippen molar-refractivity contribution in [2.45, 2.75) is 25.3 Å². The Morgan fingerprint density at radius 1 is 1.62 bits per heavy atom. The van der Waals surface area contributed by atoms with Crippen LogP contribution in [0.1, 0.15) is 30.2 Å². The van der Waals surface area contributed by atoms with Gasteiger partial charge in [-0.25, -0.2) is 0 Å². The monoisotopic (exact) mass is 258 g/mol. The average molecular weight is 259 g/mol. The van der Waals surface area contributed by atoms with Gasteiger partial charge in [-0.15, -0.1) is 11.3 Å². The Labute approximate surface area is 106 Å². The number of halogens is 1. The van der Waals surface area contributed by atoms with Crippen molar-refractivity contribution < 1.29 is 0 Å². The van der Waals surface area contributed by atoms with Gasteiger partial charge in [0.2, 0.25) is 0 Å². The smallest absolute Gasteiger partial charge is 0.0931 e. The minimum Gasteiger partial charge on any atom is -0.316 e. The quantitative estimate of drug-likeness (QED) is 0.868. The van der Waals surface area contributed by atoms with Gasteiger partial charge in [-0.3, -0.25) is 0 Å².